The maximum Gasteiger partial charge on any atom is 0.229 e. The first-order valence-corrected chi connectivity index (χ1v) is 10.8. The van der Waals surface area contributed by atoms with Gasteiger partial charge in [-0.15, -0.1) is 0 Å². The number of hydrogen-bond donors (Lipinski definition) is 2. The average Bonchev–Trinajstić information content (AvgIpc) is 3.26. The molecule has 1 saturated heterocycles. The van der Waals surface area contributed by atoms with Crippen LogP contribution in [-0.4, -0.2) is 52.7 Å². The topological polar surface area (TPSA) is 85.3 Å². The molecule has 0 bridgehead atoms. The van der Waals surface area contributed by atoms with Gasteiger partial charge in [0, 0.05) is 51.7 Å². The Morgan fingerprint density at radius 1 is 0.839 bits per heavy atom. The summed E-state index contributed by atoms with van der Waals surface area (Å²) >= 11 is 0. The summed E-state index contributed by atoms with van der Waals surface area (Å²) in [5.74, 6) is 3.54. The number of hydrogen-bond acceptors (Lipinski definition) is 9. The highest BCUT2D eigenvalue weighted by molar-refractivity contribution is 5.67. The standard InChI is InChI=1S/C22H25N9/c1-2-5-16(6-3-1)15-31-10-7-17-18-19(28-27-17)25-22(26-20(18)31)30-13-11-29(12-14-30)21-23-8-4-9-24-21/h1-6,8-9,17,27H,7,10-15H2,(H,25,26,28). The molecule has 9 heteroatoms. The van der Waals surface area contributed by atoms with Gasteiger partial charge in [0.25, 0.3) is 0 Å². The minimum absolute atomic E-state index is 0.276. The summed E-state index contributed by atoms with van der Waals surface area (Å²) in [5.41, 5.74) is 9.17. The molecule has 3 aliphatic heterocycles. The van der Waals surface area contributed by atoms with Gasteiger partial charge >= 0.3 is 0 Å². The molecule has 9 nitrogen and oxygen atoms in total. The summed E-state index contributed by atoms with van der Waals surface area (Å²) < 4.78 is 0. The van der Waals surface area contributed by atoms with E-state index in [0.29, 0.717) is 0 Å². The van der Waals surface area contributed by atoms with E-state index in [-0.39, 0.29) is 6.04 Å². The number of nitrogens with zero attached hydrogens (tertiary/aromatic N) is 7. The second kappa shape index (κ2) is 7.66. The Bertz CT molecular complexity index is 1050. The van der Waals surface area contributed by atoms with Gasteiger partial charge in [0.2, 0.25) is 11.9 Å². The molecule has 3 aliphatic rings. The Labute approximate surface area is 181 Å². The Morgan fingerprint density at radius 2 is 1.58 bits per heavy atom. The van der Waals surface area contributed by atoms with Crippen LogP contribution in [0.25, 0.3) is 0 Å². The zero-order chi connectivity index (χ0) is 20.6. The maximum atomic E-state index is 5.07. The minimum Gasteiger partial charge on any atom is -0.352 e. The third-order valence-electron chi connectivity index (χ3n) is 6.23. The van der Waals surface area contributed by atoms with Crippen LogP contribution in [0.15, 0.2) is 48.8 Å². The lowest BCUT2D eigenvalue weighted by Crippen LogP contribution is -2.48. The number of piperazine rings is 1. The molecule has 1 aromatic carbocycles. The van der Waals surface area contributed by atoms with Crippen molar-refractivity contribution in [2.24, 2.45) is 0 Å². The van der Waals surface area contributed by atoms with Crippen molar-refractivity contribution in [1.29, 1.82) is 0 Å². The lowest BCUT2D eigenvalue weighted by Gasteiger charge is -2.36. The van der Waals surface area contributed by atoms with E-state index in [0.717, 1.165) is 69.2 Å². The molecule has 0 radical (unpaired) electrons. The molecule has 2 aromatic heterocycles. The smallest absolute Gasteiger partial charge is 0.229 e. The van der Waals surface area contributed by atoms with E-state index in [4.69, 9.17) is 9.97 Å². The van der Waals surface area contributed by atoms with Crippen LogP contribution < -0.4 is 25.6 Å². The fraction of sp³-hybridized carbons (Fsp3) is 0.364. The lowest BCUT2D eigenvalue weighted by molar-refractivity contribution is 0.533. The Balaban J connectivity index is 1.26. The summed E-state index contributed by atoms with van der Waals surface area (Å²) in [6.07, 6.45) is 4.62. The zero-order valence-electron chi connectivity index (χ0n) is 17.3. The minimum atomic E-state index is 0.276. The molecule has 1 unspecified atom stereocenters. The van der Waals surface area contributed by atoms with E-state index < -0.39 is 0 Å². The predicted molar refractivity (Wildman–Crippen MR) is 120 cm³/mol. The summed E-state index contributed by atoms with van der Waals surface area (Å²) in [6.45, 7) is 5.20. The predicted octanol–water partition coefficient (Wildman–Crippen LogP) is 1.97. The molecule has 2 N–H and O–H groups in total. The van der Waals surface area contributed by atoms with Crippen molar-refractivity contribution in [3.05, 3.63) is 59.9 Å². The van der Waals surface area contributed by atoms with Gasteiger partial charge in [-0.1, -0.05) is 30.3 Å². The summed E-state index contributed by atoms with van der Waals surface area (Å²) in [5, 5.41) is 0. The molecule has 0 aliphatic carbocycles. The Kier molecular flexibility index (Phi) is 4.53. The molecular formula is C22H25N9. The van der Waals surface area contributed by atoms with Gasteiger partial charge in [-0.2, -0.15) is 9.97 Å². The van der Waals surface area contributed by atoms with E-state index in [1.165, 1.54) is 11.1 Å². The molecule has 31 heavy (non-hydrogen) atoms. The summed E-state index contributed by atoms with van der Waals surface area (Å²) in [7, 11) is 0. The van der Waals surface area contributed by atoms with Crippen molar-refractivity contribution >= 4 is 23.5 Å². The molecule has 1 atom stereocenters. The summed E-state index contributed by atoms with van der Waals surface area (Å²) in [6, 6.07) is 12.7. The van der Waals surface area contributed by atoms with Gasteiger partial charge in [-0.05, 0) is 18.1 Å². The van der Waals surface area contributed by atoms with Gasteiger partial charge in [0.15, 0.2) is 5.82 Å². The van der Waals surface area contributed by atoms with Crippen molar-refractivity contribution in [3.63, 3.8) is 0 Å². The number of aromatic nitrogens is 4. The van der Waals surface area contributed by atoms with Crippen LogP contribution in [0, 0.1) is 0 Å². The third kappa shape index (κ3) is 3.40. The van der Waals surface area contributed by atoms with Crippen molar-refractivity contribution in [2.75, 3.05) is 52.8 Å². The van der Waals surface area contributed by atoms with Crippen LogP contribution in [0.4, 0.5) is 23.5 Å². The van der Waals surface area contributed by atoms with Crippen LogP contribution >= 0.6 is 0 Å². The Morgan fingerprint density at radius 3 is 2.35 bits per heavy atom. The Hall–Kier alpha value is -3.46. The first kappa shape index (κ1) is 18.3. The van der Waals surface area contributed by atoms with E-state index in [1.807, 2.05) is 6.07 Å². The molecule has 0 saturated carbocycles. The van der Waals surface area contributed by atoms with E-state index >= 15 is 0 Å². The van der Waals surface area contributed by atoms with Gasteiger partial charge in [-0.3, -0.25) is 0 Å². The van der Waals surface area contributed by atoms with E-state index in [9.17, 15) is 0 Å². The highest BCUT2D eigenvalue weighted by Gasteiger charge is 2.35. The van der Waals surface area contributed by atoms with Crippen LogP contribution in [0.2, 0.25) is 0 Å². The van der Waals surface area contributed by atoms with Gasteiger partial charge < -0.3 is 20.1 Å². The fourth-order valence-corrected chi connectivity index (χ4v) is 4.60. The number of benzene rings is 1. The van der Waals surface area contributed by atoms with Crippen molar-refractivity contribution < 1.29 is 0 Å². The van der Waals surface area contributed by atoms with E-state index in [1.54, 1.807) is 12.4 Å². The van der Waals surface area contributed by atoms with Crippen LogP contribution in [-0.2, 0) is 6.54 Å². The molecule has 1 fully saturated rings. The van der Waals surface area contributed by atoms with Gasteiger partial charge in [0.1, 0.15) is 5.82 Å². The second-order valence-corrected chi connectivity index (χ2v) is 8.15. The van der Waals surface area contributed by atoms with Gasteiger partial charge in [0.05, 0.1) is 11.6 Å². The van der Waals surface area contributed by atoms with Crippen LogP contribution in [0.5, 0.6) is 0 Å². The molecular weight excluding hydrogens is 390 g/mol. The fourth-order valence-electron chi connectivity index (χ4n) is 4.60. The monoisotopic (exact) mass is 415 g/mol. The lowest BCUT2D eigenvalue weighted by atomic mass is 10.0. The number of rotatable bonds is 4. The highest BCUT2D eigenvalue weighted by atomic mass is 15.5. The number of hydrazine groups is 1. The SMILES string of the molecule is c1ccc(CN2CCC3NNc4nc(N5CCN(c6ncccn6)CC5)nc2c43)cc1. The molecule has 158 valence electrons. The number of anilines is 4. The molecule has 0 amide bonds. The molecule has 3 aromatic rings. The van der Waals surface area contributed by atoms with Crippen molar-refractivity contribution in [1.82, 2.24) is 25.4 Å². The molecule has 5 heterocycles. The maximum absolute atomic E-state index is 5.07. The van der Waals surface area contributed by atoms with Crippen LogP contribution in [0.3, 0.4) is 0 Å². The first-order chi connectivity index (χ1) is 15.3. The third-order valence-corrected chi connectivity index (χ3v) is 6.23. The van der Waals surface area contributed by atoms with Crippen LogP contribution in [0.1, 0.15) is 23.6 Å². The second-order valence-electron chi connectivity index (χ2n) is 8.15. The summed E-state index contributed by atoms with van der Waals surface area (Å²) in [4.78, 5) is 25.6. The molecule has 6 rings (SSSR count). The molecule has 0 spiro atoms. The van der Waals surface area contributed by atoms with Crippen molar-refractivity contribution in [2.45, 2.75) is 19.0 Å². The number of nitrogens with one attached hydrogen (secondary N) is 2. The normalized spacial score (nSPS) is 19.9. The highest BCUT2D eigenvalue weighted by Crippen LogP contribution is 2.41. The van der Waals surface area contributed by atoms with E-state index in [2.05, 4.69) is 65.9 Å². The average molecular weight is 416 g/mol. The zero-order valence-corrected chi connectivity index (χ0v) is 17.3. The van der Waals surface area contributed by atoms with Crippen molar-refractivity contribution in [3.8, 4) is 0 Å². The quantitative estimate of drug-likeness (QED) is 0.664. The largest absolute Gasteiger partial charge is 0.352 e. The first-order valence-electron chi connectivity index (χ1n) is 10.8. The van der Waals surface area contributed by atoms with Gasteiger partial charge in [-0.25, -0.2) is 15.4 Å².